The number of nitro groups is 1. The molecule has 4 aromatic rings. The van der Waals surface area contributed by atoms with E-state index in [1.165, 1.54) is 18.2 Å². The number of para-hydroxylation sites is 1. The number of carbonyl (C=O) groups is 1. The SMILES string of the molecule is O=C(Nc1ccc([N+](=O)[O-])cc1Cl)c1cc(-c2ccccc2)nc2ccccc12. The fraction of sp³-hybridized carbons (Fsp3) is 0. The lowest BCUT2D eigenvalue weighted by Crippen LogP contribution is -2.13. The Kier molecular flexibility index (Phi) is 4.93. The number of anilines is 1. The number of hydrogen-bond donors (Lipinski definition) is 1. The quantitative estimate of drug-likeness (QED) is 0.349. The molecule has 29 heavy (non-hydrogen) atoms. The molecular weight excluding hydrogens is 390 g/mol. The van der Waals surface area contributed by atoms with Gasteiger partial charge in [0.15, 0.2) is 0 Å². The van der Waals surface area contributed by atoms with E-state index in [0.29, 0.717) is 27.8 Å². The fourth-order valence-electron chi connectivity index (χ4n) is 3.03. The number of nitrogens with zero attached hydrogens (tertiary/aromatic N) is 2. The van der Waals surface area contributed by atoms with Crippen LogP contribution in [0.4, 0.5) is 11.4 Å². The van der Waals surface area contributed by atoms with Crippen molar-refractivity contribution in [3.63, 3.8) is 0 Å². The maximum atomic E-state index is 13.1. The zero-order valence-electron chi connectivity index (χ0n) is 15.0. The van der Waals surface area contributed by atoms with Crippen molar-refractivity contribution in [1.29, 1.82) is 0 Å². The number of non-ortho nitro benzene ring substituents is 1. The minimum absolute atomic E-state index is 0.0918. The van der Waals surface area contributed by atoms with Gasteiger partial charge in [0, 0.05) is 23.1 Å². The summed E-state index contributed by atoms with van der Waals surface area (Å²) in [5.41, 5.74) is 2.83. The number of benzene rings is 3. The van der Waals surface area contributed by atoms with Crippen LogP contribution in [0, 0.1) is 10.1 Å². The molecule has 4 rings (SSSR count). The van der Waals surface area contributed by atoms with Gasteiger partial charge in [-0.1, -0.05) is 60.1 Å². The van der Waals surface area contributed by atoms with E-state index >= 15 is 0 Å². The number of aromatic nitrogens is 1. The van der Waals surface area contributed by atoms with Crippen molar-refractivity contribution in [3.05, 3.63) is 99.6 Å². The topological polar surface area (TPSA) is 85.1 Å². The average molecular weight is 404 g/mol. The van der Waals surface area contributed by atoms with Crippen LogP contribution < -0.4 is 5.32 Å². The molecule has 1 amide bonds. The van der Waals surface area contributed by atoms with E-state index < -0.39 is 4.92 Å². The molecule has 0 aliphatic rings. The summed E-state index contributed by atoms with van der Waals surface area (Å²) in [4.78, 5) is 28.1. The molecule has 0 aliphatic carbocycles. The number of nitrogens with one attached hydrogen (secondary N) is 1. The predicted octanol–water partition coefficient (Wildman–Crippen LogP) is 5.72. The molecule has 1 heterocycles. The second-order valence-electron chi connectivity index (χ2n) is 6.31. The van der Waals surface area contributed by atoms with Crippen molar-refractivity contribution in [2.75, 3.05) is 5.32 Å². The third kappa shape index (κ3) is 3.79. The maximum Gasteiger partial charge on any atom is 0.271 e. The molecule has 0 radical (unpaired) electrons. The Bertz CT molecular complexity index is 1240. The molecule has 0 spiro atoms. The molecule has 6 nitrogen and oxygen atoms in total. The molecule has 0 unspecified atom stereocenters. The number of carbonyl (C=O) groups excluding carboxylic acids is 1. The Balaban J connectivity index is 1.76. The average Bonchev–Trinajstić information content (AvgIpc) is 2.74. The van der Waals surface area contributed by atoms with Crippen LogP contribution in [-0.4, -0.2) is 15.8 Å². The third-order valence-corrected chi connectivity index (χ3v) is 4.75. The first-order chi connectivity index (χ1) is 14.0. The van der Waals surface area contributed by atoms with Gasteiger partial charge in [0.2, 0.25) is 0 Å². The molecule has 0 saturated heterocycles. The Labute approximate surface area is 170 Å². The summed E-state index contributed by atoms with van der Waals surface area (Å²) < 4.78 is 0. The summed E-state index contributed by atoms with van der Waals surface area (Å²) in [5, 5.41) is 14.4. The number of amides is 1. The van der Waals surface area contributed by atoms with Crippen molar-refractivity contribution in [2.24, 2.45) is 0 Å². The highest BCUT2D eigenvalue weighted by atomic mass is 35.5. The number of rotatable bonds is 4. The van der Waals surface area contributed by atoms with Gasteiger partial charge in [-0.05, 0) is 18.2 Å². The van der Waals surface area contributed by atoms with E-state index in [1.54, 1.807) is 6.07 Å². The number of halogens is 1. The lowest BCUT2D eigenvalue weighted by molar-refractivity contribution is -0.384. The van der Waals surface area contributed by atoms with Crippen LogP contribution in [-0.2, 0) is 0 Å². The van der Waals surface area contributed by atoms with Crippen molar-refractivity contribution in [1.82, 2.24) is 4.98 Å². The van der Waals surface area contributed by atoms with E-state index in [-0.39, 0.29) is 16.6 Å². The molecule has 0 atom stereocenters. The summed E-state index contributed by atoms with van der Waals surface area (Å²) in [6, 6.07) is 22.6. The fourth-order valence-corrected chi connectivity index (χ4v) is 3.25. The van der Waals surface area contributed by atoms with E-state index in [0.717, 1.165) is 5.56 Å². The van der Waals surface area contributed by atoms with Gasteiger partial charge >= 0.3 is 0 Å². The smallest absolute Gasteiger partial charge is 0.271 e. The van der Waals surface area contributed by atoms with Gasteiger partial charge in [-0.3, -0.25) is 14.9 Å². The molecule has 7 heteroatoms. The van der Waals surface area contributed by atoms with Crippen molar-refractivity contribution >= 4 is 39.8 Å². The highest BCUT2D eigenvalue weighted by molar-refractivity contribution is 6.34. The standard InChI is InChI=1S/C22H14ClN3O3/c23-18-12-15(26(28)29)10-11-20(18)25-22(27)17-13-21(14-6-2-1-3-7-14)24-19-9-5-4-8-16(17)19/h1-13H,(H,25,27). The number of pyridine rings is 1. The first-order valence-corrected chi connectivity index (χ1v) is 9.11. The molecule has 1 aromatic heterocycles. The van der Waals surface area contributed by atoms with E-state index in [1.807, 2.05) is 54.6 Å². The normalized spacial score (nSPS) is 10.7. The molecule has 142 valence electrons. The Morgan fingerprint density at radius 1 is 0.966 bits per heavy atom. The van der Waals surface area contributed by atoms with Crippen molar-refractivity contribution in [3.8, 4) is 11.3 Å². The largest absolute Gasteiger partial charge is 0.321 e. The van der Waals surface area contributed by atoms with Crippen LogP contribution in [0.25, 0.3) is 22.2 Å². The van der Waals surface area contributed by atoms with Gasteiger partial charge in [0.05, 0.1) is 32.4 Å². The number of fused-ring (bicyclic) bond motifs is 1. The molecule has 0 fully saturated rings. The summed E-state index contributed by atoms with van der Waals surface area (Å²) in [6.45, 7) is 0. The predicted molar refractivity (Wildman–Crippen MR) is 113 cm³/mol. The van der Waals surface area contributed by atoms with Crippen molar-refractivity contribution in [2.45, 2.75) is 0 Å². The summed E-state index contributed by atoms with van der Waals surface area (Å²) in [5.74, 6) is -0.378. The molecule has 1 N–H and O–H groups in total. The van der Waals surface area contributed by atoms with E-state index in [2.05, 4.69) is 10.3 Å². The first kappa shape index (κ1) is 18.6. The molecular formula is C22H14ClN3O3. The van der Waals surface area contributed by atoms with Crippen LogP contribution in [0.5, 0.6) is 0 Å². The number of nitro benzene ring substituents is 1. The summed E-state index contributed by atoms with van der Waals surface area (Å²) in [7, 11) is 0. The minimum atomic E-state index is -0.542. The van der Waals surface area contributed by atoms with E-state index in [4.69, 9.17) is 11.6 Å². The van der Waals surface area contributed by atoms with Crippen LogP contribution in [0.2, 0.25) is 5.02 Å². The third-order valence-electron chi connectivity index (χ3n) is 4.44. The second kappa shape index (κ2) is 7.69. The van der Waals surface area contributed by atoms with E-state index in [9.17, 15) is 14.9 Å². The van der Waals surface area contributed by atoms with Gasteiger partial charge in [-0.2, -0.15) is 0 Å². The first-order valence-electron chi connectivity index (χ1n) is 8.73. The monoisotopic (exact) mass is 403 g/mol. The van der Waals surface area contributed by atoms with Crippen LogP contribution in [0.3, 0.4) is 0 Å². The van der Waals surface area contributed by atoms with Gasteiger partial charge in [-0.25, -0.2) is 4.98 Å². The summed E-state index contributed by atoms with van der Waals surface area (Å²) >= 11 is 6.12. The van der Waals surface area contributed by atoms with Crippen LogP contribution in [0.15, 0.2) is 78.9 Å². The van der Waals surface area contributed by atoms with Crippen LogP contribution in [0.1, 0.15) is 10.4 Å². The minimum Gasteiger partial charge on any atom is -0.321 e. The van der Waals surface area contributed by atoms with Gasteiger partial charge in [0.25, 0.3) is 11.6 Å². The second-order valence-corrected chi connectivity index (χ2v) is 6.72. The summed E-state index contributed by atoms with van der Waals surface area (Å²) in [6.07, 6.45) is 0. The Hall–Kier alpha value is -3.77. The lowest BCUT2D eigenvalue weighted by atomic mass is 10.0. The van der Waals surface area contributed by atoms with Gasteiger partial charge in [-0.15, -0.1) is 0 Å². The van der Waals surface area contributed by atoms with Gasteiger partial charge in [0.1, 0.15) is 0 Å². The van der Waals surface area contributed by atoms with Crippen LogP contribution >= 0.6 is 11.6 Å². The van der Waals surface area contributed by atoms with Gasteiger partial charge < -0.3 is 5.32 Å². The zero-order valence-corrected chi connectivity index (χ0v) is 15.8. The Morgan fingerprint density at radius 2 is 1.69 bits per heavy atom. The van der Waals surface area contributed by atoms with Crippen molar-refractivity contribution < 1.29 is 9.72 Å². The Morgan fingerprint density at radius 3 is 2.41 bits per heavy atom. The highest BCUT2D eigenvalue weighted by Gasteiger charge is 2.16. The molecule has 0 bridgehead atoms. The zero-order chi connectivity index (χ0) is 20.4. The number of hydrogen-bond acceptors (Lipinski definition) is 4. The molecule has 3 aromatic carbocycles. The highest BCUT2D eigenvalue weighted by Crippen LogP contribution is 2.29. The lowest BCUT2D eigenvalue weighted by Gasteiger charge is -2.11. The molecule has 0 saturated carbocycles. The maximum absolute atomic E-state index is 13.1. The molecule has 0 aliphatic heterocycles.